The molecule has 2 aromatic carbocycles. The van der Waals surface area contributed by atoms with Crippen LogP contribution in [0.25, 0.3) is 0 Å². The van der Waals surface area contributed by atoms with Gasteiger partial charge >= 0.3 is 0 Å². The molecule has 2 aromatic rings. The predicted molar refractivity (Wildman–Crippen MR) is 167 cm³/mol. The number of nitrogens with one attached hydrogen (secondary N) is 2. The van der Waals surface area contributed by atoms with Crippen LogP contribution in [-0.4, -0.2) is 64.2 Å². The molecule has 2 aliphatic rings. The lowest BCUT2D eigenvalue weighted by atomic mass is 9.92. The molecule has 2 atom stereocenters. The van der Waals surface area contributed by atoms with Gasteiger partial charge in [-0.2, -0.15) is 0 Å². The van der Waals surface area contributed by atoms with Gasteiger partial charge in [0.05, 0.1) is 0 Å². The molecule has 2 N–H and O–H groups in total. The molecule has 2 saturated heterocycles. The third-order valence-corrected chi connectivity index (χ3v) is 8.19. The summed E-state index contributed by atoms with van der Waals surface area (Å²) in [5.41, 5.74) is 5.38. The van der Waals surface area contributed by atoms with Crippen LogP contribution in [0.1, 0.15) is 103 Å². The molecule has 240 valence electrons. The zero-order valence-electron chi connectivity index (χ0n) is 26.7. The summed E-state index contributed by atoms with van der Waals surface area (Å²) in [7, 11) is 0. The van der Waals surface area contributed by atoms with Crippen molar-refractivity contribution in [2.24, 2.45) is 0 Å². The van der Waals surface area contributed by atoms with Gasteiger partial charge in [-0.15, -0.1) is 0 Å². The van der Waals surface area contributed by atoms with Gasteiger partial charge in [-0.05, 0) is 66.3 Å². The van der Waals surface area contributed by atoms with Crippen molar-refractivity contribution in [3.63, 3.8) is 0 Å². The van der Waals surface area contributed by atoms with Gasteiger partial charge in [-0.3, -0.25) is 49.1 Å². The quantitative estimate of drug-likeness (QED) is 0.323. The predicted octanol–water partition coefficient (Wildman–Crippen LogP) is 3.40. The first-order valence-electron chi connectivity index (χ1n) is 15.1. The van der Waals surface area contributed by atoms with Crippen LogP contribution in [0.2, 0.25) is 0 Å². The molecule has 0 saturated carbocycles. The number of carbonyl (C=O) groups excluding carboxylic acids is 7. The minimum absolute atomic E-state index is 0.101. The van der Waals surface area contributed by atoms with E-state index in [2.05, 4.69) is 30.5 Å². The Hall–Kier alpha value is -4.67. The van der Waals surface area contributed by atoms with Gasteiger partial charge < -0.3 is 4.90 Å². The van der Waals surface area contributed by atoms with Crippen LogP contribution >= 0.6 is 0 Å². The molecule has 7 amide bonds. The van der Waals surface area contributed by atoms with Crippen molar-refractivity contribution >= 4 is 42.4 Å². The molecule has 0 bridgehead atoms. The van der Waals surface area contributed by atoms with E-state index in [4.69, 9.17) is 0 Å². The number of imide groups is 3. The first-order valence-corrected chi connectivity index (χ1v) is 15.1. The smallest absolute Gasteiger partial charge is 0.261 e. The normalized spacial score (nSPS) is 18.0. The van der Waals surface area contributed by atoms with Crippen LogP contribution in [0.5, 0.6) is 0 Å². The summed E-state index contributed by atoms with van der Waals surface area (Å²) in [5.74, 6) is -1.72. The highest BCUT2D eigenvalue weighted by atomic mass is 16.2. The average Bonchev–Trinajstić information content (AvgIpc) is 2.98. The van der Waals surface area contributed by atoms with Gasteiger partial charge in [-0.1, -0.05) is 64.1 Å². The van der Waals surface area contributed by atoms with Crippen molar-refractivity contribution in [3.05, 3.63) is 69.8 Å². The Labute approximate surface area is 263 Å². The highest BCUT2D eigenvalue weighted by Crippen LogP contribution is 2.26. The van der Waals surface area contributed by atoms with E-state index in [-0.39, 0.29) is 42.9 Å². The monoisotopic (exact) mass is 618 g/mol. The Bertz CT molecular complexity index is 1480. The highest BCUT2D eigenvalue weighted by molar-refractivity contribution is 6.08. The van der Waals surface area contributed by atoms with Crippen molar-refractivity contribution < 1.29 is 33.6 Å². The van der Waals surface area contributed by atoms with Gasteiger partial charge in [0.1, 0.15) is 12.1 Å². The van der Waals surface area contributed by atoms with Crippen LogP contribution < -0.4 is 10.6 Å². The number of carbonyl (C=O) groups is 7. The second kappa shape index (κ2) is 15.4. The zero-order valence-corrected chi connectivity index (χ0v) is 26.7. The maximum atomic E-state index is 12.9. The molecule has 0 aromatic heterocycles. The Morgan fingerprint density at radius 3 is 1.78 bits per heavy atom. The number of piperidine rings is 2. The third kappa shape index (κ3) is 8.29. The first kappa shape index (κ1) is 34.8. The van der Waals surface area contributed by atoms with E-state index >= 15 is 0 Å². The zero-order chi connectivity index (χ0) is 33.4. The fraction of sp³-hybridized carbons (Fsp3) is 0.441. The third-order valence-electron chi connectivity index (χ3n) is 8.19. The van der Waals surface area contributed by atoms with Gasteiger partial charge in [0, 0.05) is 24.9 Å². The minimum Gasteiger partial charge on any atom is -0.329 e. The number of hydrogen-bond acceptors (Lipinski definition) is 7. The summed E-state index contributed by atoms with van der Waals surface area (Å²) in [6, 6.07) is 10.1. The van der Waals surface area contributed by atoms with E-state index in [1.165, 1.54) is 10.5 Å². The molecule has 11 heteroatoms. The first-order chi connectivity index (χ1) is 21.3. The molecule has 0 spiro atoms. The Kier molecular flexibility index (Phi) is 11.9. The molecule has 0 aliphatic carbocycles. The molecule has 2 fully saturated rings. The number of aryl methyl sites for hydroxylation is 2. The van der Waals surface area contributed by atoms with Gasteiger partial charge in [0.25, 0.3) is 5.91 Å². The number of nitrogens with zero attached hydrogens (tertiary/aromatic N) is 2. The van der Waals surface area contributed by atoms with E-state index in [0.717, 1.165) is 27.2 Å². The van der Waals surface area contributed by atoms with Crippen LogP contribution in [0.4, 0.5) is 0 Å². The molecule has 2 aliphatic heterocycles. The fourth-order valence-electron chi connectivity index (χ4n) is 5.69. The number of benzene rings is 2. The lowest BCUT2D eigenvalue weighted by Gasteiger charge is -2.31. The molecule has 11 nitrogen and oxygen atoms in total. The highest BCUT2D eigenvalue weighted by Gasteiger charge is 2.36. The summed E-state index contributed by atoms with van der Waals surface area (Å²) in [4.78, 5) is 84.7. The molecule has 2 heterocycles. The number of amides is 7. The second-order valence-corrected chi connectivity index (χ2v) is 12.0. The topological polar surface area (TPSA) is 150 Å². The largest absolute Gasteiger partial charge is 0.329 e. The summed E-state index contributed by atoms with van der Waals surface area (Å²) in [6.45, 7) is 12.3. The van der Waals surface area contributed by atoms with E-state index in [9.17, 15) is 33.6 Å². The Balaban J connectivity index is 0.000000246. The summed E-state index contributed by atoms with van der Waals surface area (Å²) < 4.78 is 0. The second-order valence-electron chi connectivity index (χ2n) is 12.0. The summed E-state index contributed by atoms with van der Waals surface area (Å²) in [5, 5.41) is 4.48. The van der Waals surface area contributed by atoms with Crippen molar-refractivity contribution in [2.75, 3.05) is 0 Å². The van der Waals surface area contributed by atoms with Gasteiger partial charge in [0.15, 0.2) is 0 Å². The van der Waals surface area contributed by atoms with Crippen LogP contribution in [0.3, 0.4) is 0 Å². The number of hydrogen-bond donors (Lipinski definition) is 2. The van der Waals surface area contributed by atoms with Crippen molar-refractivity contribution in [1.82, 2.24) is 20.4 Å². The SMILES string of the molecule is Cc1cccc(C(C)C)c1C(=O)N(C=O)C1CCC(=O)NC1=O.Cc1cccc(C(C)C)c1CN(C=O)C1CCC(=O)NC1=O. The standard InChI is InChI=1S/C17H20N2O4.C17H22N2O3/c1-10(2)12-6-4-5-11(3)15(12)17(23)19(9-20)13-7-8-14(21)18-16(13)22;1-11(2)13-6-4-5-12(3)14(13)9-19(10-20)15-7-8-16(21)18-17(15)22/h4-6,9-10,13H,7-8H2,1-3H3,(H,18,21,22);4-6,10-11,15H,7-9H2,1-3H3,(H,18,21,22). The molecule has 2 unspecified atom stereocenters. The average molecular weight is 619 g/mol. The van der Waals surface area contributed by atoms with Crippen molar-refractivity contribution in [1.29, 1.82) is 0 Å². The lowest BCUT2D eigenvalue weighted by molar-refractivity contribution is -0.141. The van der Waals surface area contributed by atoms with E-state index in [1.54, 1.807) is 13.0 Å². The van der Waals surface area contributed by atoms with Crippen LogP contribution in [0, 0.1) is 13.8 Å². The minimum atomic E-state index is -0.947. The fourth-order valence-corrected chi connectivity index (χ4v) is 5.69. The molecule has 0 radical (unpaired) electrons. The van der Waals surface area contributed by atoms with E-state index in [1.807, 2.05) is 45.0 Å². The lowest BCUT2D eigenvalue weighted by Crippen LogP contribution is -2.54. The van der Waals surface area contributed by atoms with E-state index < -0.39 is 23.9 Å². The number of rotatable bonds is 9. The molecule has 45 heavy (non-hydrogen) atoms. The van der Waals surface area contributed by atoms with Crippen LogP contribution in [0.15, 0.2) is 36.4 Å². The van der Waals surface area contributed by atoms with Crippen LogP contribution in [-0.2, 0) is 35.3 Å². The Morgan fingerprint density at radius 2 is 1.29 bits per heavy atom. The molecule has 4 rings (SSSR count). The maximum absolute atomic E-state index is 12.9. The maximum Gasteiger partial charge on any atom is 0.261 e. The van der Waals surface area contributed by atoms with Gasteiger partial charge in [-0.25, -0.2) is 0 Å². The summed E-state index contributed by atoms with van der Waals surface area (Å²) >= 11 is 0. The summed E-state index contributed by atoms with van der Waals surface area (Å²) in [6.07, 6.45) is 1.99. The molecular formula is C34H42N4O7. The van der Waals surface area contributed by atoms with Crippen molar-refractivity contribution in [2.45, 2.75) is 97.7 Å². The Morgan fingerprint density at radius 1 is 0.778 bits per heavy atom. The van der Waals surface area contributed by atoms with E-state index in [0.29, 0.717) is 37.3 Å². The molecular weight excluding hydrogens is 576 g/mol. The van der Waals surface area contributed by atoms with Crippen molar-refractivity contribution in [3.8, 4) is 0 Å². The van der Waals surface area contributed by atoms with Gasteiger partial charge in [0.2, 0.25) is 36.4 Å².